The number of hydrogen-bond donors (Lipinski definition) is 3. The SMILES string of the molecule is CNC(N[C@@H](N)c1ccccc1)C1CCCC(C2C=C3C=CCCC3=C2)C1. The number of benzene rings is 1. The zero-order chi connectivity index (χ0) is 18.6. The van der Waals surface area contributed by atoms with Gasteiger partial charge in [-0.25, -0.2) is 0 Å². The molecule has 0 radical (unpaired) electrons. The number of nitrogens with one attached hydrogen (secondary N) is 2. The van der Waals surface area contributed by atoms with Crippen LogP contribution in [0.3, 0.4) is 0 Å². The maximum absolute atomic E-state index is 6.44. The van der Waals surface area contributed by atoms with Gasteiger partial charge in [0.15, 0.2) is 0 Å². The monoisotopic (exact) mass is 363 g/mol. The third-order valence-corrected chi connectivity index (χ3v) is 6.61. The summed E-state index contributed by atoms with van der Waals surface area (Å²) in [5.41, 5.74) is 10.7. The number of fused-ring (bicyclic) bond motifs is 1. The molecule has 3 nitrogen and oxygen atoms in total. The van der Waals surface area contributed by atoms with Crippen LogP contribution in [0.25, 0.3) is 0 Å². The molecule has 0 spiro atoms. The Labute approximate surface area is 163 Å². The molecule has 0 amide bonds. The predicted octanol–water partition coefficient (Wildman–Crippen LogP) is 4.42. The summed E-state index contributed by atoms with van der Waals surface area (Å²) in [5.74, 6) is 2.01. The van der Waals surface area contributed by atoms with Crippen molar-refractivity contribution in [3.63, 3.8) is 0 Å². The zero-order valence-electron chi connectivity index (χ0n) is 16.4. The molecule has 1 fully saturated rings. The summed E-state index contributed by atoms with van der Waals surface area (Å²) in [6.45, 7) is 0. The summed E-state index contributed by atoms with van der Waals surface area (Å²) < 4.78 is 0. The molecule has 0 aromatic heterocycles. The standard InChI is InChI=1S/C24H33N3/c1-26-24(27-23(25)17-8-3-2-4-9-17)21-13-7-12-20(14-21)22-15-18-10-5-6-11-19(18)16-22/h2-5,8-10,15-16,20-24,26-27H,6-7,11-14,25H2,1H3/t20?,21?,22?,23-,24?/m1/s1. The number of rotatable bonds is 6. The Morgan fingerprint density at radius 2 is 1.96 bits per heavy atom. The molecule has 4 rings (SSSR count). The van der Waals surface area contributed by atoms with Crippen LogP contribution in [0, 0.1) is 17.8 Å². The highest BCUT2D eigenvalue weighted by molar-refractivity contribution is 5.48. The molecule has 4 N–H and O–H groups in total. The van der Waals surface area contributed by atoms with E-state index < -0.39 is 0 Å². The van der Waals surface area contributed by atoms with Crippen LogP contribution in [0.1, 0.15) is 50.3 Å². The average molecular weight is 364 g/mol. The van der Waals surface area contributed by atoms with Crippen molar-refractivity contribution in [2.24, 2.45) is 23.5 Å². The number of allylic oxidation sites excluding steroid dienone is 6. The number of hydrogen-bond acceptors (Lipinski definition) is 3. The molecule has 0 saturated heterocycles. The van der Waals surface area contributed by atoms with Gasteiger partial charge in [0.25, 0.3) is 0 Å². The highest BCUT2D eigenvalue weighted by Crippen LogP contribution is 2.42. The number of nitrogens with two attached hydrogens (primary N) is 1. The van der Waals surface area contributed by atoms with Crippen LogP contribution in [-0.2, 0) is 0 Å². The Balaban J connectivity index is 1.40. The van der Waals surface area contributed by atoms with Crippen LogP contribution in [-0.4, -0.2) is 13.2 Å². The van der Waals surface area contributed by atoms with Gasteiger partial charge in [-0.05, 0) is 73.6 Å². The first-order valence-electron chi connectivity index (χ1n) is 10.6. The van der Waals surface area contributed by atoms with Crippen LogP contribution in [0.4, 0.5) is 0 Å². The van der Waals surface area contributed by atoms with Crippen molar-refractivity contribution < 1.29 is 0 Å². The summed E-state index contributed by atoms with van der Waals surface area (Å²) >= 11 is 0. The molecular formula is C24H33N3. The normalized spacial score (nSPS) is 29.6. The molecule has 3 aliphatic rings. The lowest BCUT2D eigenvalue weighted by Crippen LogP contribution is -2.50. The van der Waals surface area contributed by atoms with Gasteiger partial charge in [0.2, 0.25) is 0 Å². The zero-order valence-corrected chi connectivity index (χ0v) is 16.4. The smallest absolute Gasteiger partial charge is 0.0822 e. The maximum Gasteiger partial charge on any atom is 0.0822 e. The van der Waals surface area contributed by atoms with E-state index in [0.29, 0.717) is 11.8 Å². The van der Waals surface area contributed by atoms with Gasteiger partial charge in [-0.2, -0.15) is 0 Å². The van der Waals surface area contributed by atoms with E-state index >= 15 is 0 Å². The quantitative estimate of drug-likeness (QED) is 0.656. The van der Waals surface area contributed by atoms with Crippen LogP contribution in [0.2, 0.25) is 0 Å². The molecule has 144 valence electrons. The van der Waals surface area contributed by atoms with Crippen LogP contribution >= 0.6 is 0 Å². The average Bonchev–Trinajstić information content (AvgIpc) is 3.17. The largest absolute Gasteiger partial charge is 0.312 e. The van der Waals surface area contributed by atoms with Gasteiger partial charge in [0, 0.05) is 0 Å². The Kier molecular flexibility index (Phi) is 5.92. The van der Waals surface area contributed by atoms with Crippen LogP contribution in [0.15, 0.2) is 65.8 Å². The third kappa shape index (κ3) is 4.26. The molecule has 1 aromatic rings. The minimum atomic E-state index is -0.132. The van der Waals surface area contributed by atoms with Crippen molar-refractivity contribution >= 4 is 0 Å². The summed E-state index contributed by atoms with van der Waals surface area (Å²) in [4.78, 5) is 0. The molecule has 0 heterocycles. The van der Waals surface area contributed by atoms with Crippen molar-refractivity contribution in [1.82, 2.24) is 10.6 Å². The van der Waals surface area contributed by atoms with E-state index in [2.05, 4.69) is 66.3 Å². The van der Waals surface area contributed by atoms with Gasteiger partial charge in [-0.1, -0.05) is 61.1 Å². The van der Waals surface area contributed by atoms with Gasteiger partial charge in [0.05, 0.1) is 12.3 Å². The van der Waals surface area contributed by atoms with Gasteiger partial charge >= 0.3 is 0 Å². The van der Waals surface area contributed by atoms with E-state index in [0.717, 1.165) is 11.5 Å². The first-order valence-corrected chi connectivity index (χ1v) is 10.6. The fourth-order valence-corrected chi connectivity index (χ4v) is 5.13. The molecule has 0 bridgehead atoms. The predicted molar refractivity (Wildman–Crippen MR) is 113 cm³/mol. The topological polar surface area (TPSA) is 50.1 Å². The van der Waals surface area contributed by atoms with E-state index in [1.807, 2.05) is 6.07 Å². The van der Waals surface area contributed by atoms with Crippen molar-refractivity contribution in [3.05, 3.63) is 71.3 Å². The fourth-order valence-electron chi connectivity index (χ4n) is 5.13. The van der Waals surface area contributed by atoms with E-state index in [9.17, 15) is 0 Å². The van der Waals surface area contributed by atoms with Gasteiger partial charge < -0.3 is 11.1 Å². The summed E-state index contributed by atoms with van der Waals surface area (Å²) in [6, 6.07) is 10.3. The lowest BCUT2D eigenvalue weighted by atomic mass is 9.74. The van der Waals surface area contributed by atoms with E-state index in [-0.39, 0.29) is 12.3 Å². The van der Waals surface area contributed by atoms with E-state index in [1.165, 1.54) is 44.1 Å². The second-order valence-electron chi connectivity index (χ2n) is 8.34. The molecule has 0 aliphatic heterocycles. The van der Waals surface area contributed by atoms with Crippen molar-refractivity contribution in [2.45, 2.75) is 50.9 Å². The van der Waals surface area contributed by atoms with Gasteiger partial charge in [-0.15, -0.1) is 0 Å². The second-order valence-corrected chi connectivity index (χ2v) is 8.34. The van der Waals surface area contributed by atoms with Gasteiger partial charge in [-0.3, -0.25) is 5.32 Å². The molecule has 27 heavy (non-hydrogen) atoms. The molecular weight excluding hydrogens is 330 g/mol. The summed E-state index contributed by atoms with van der Waals surface area (Å²) in [7, 11) is 2.05. The first kappa shape index (κ1) is 18.7. The third-order valence-electron chi connectivity index (χ3n) is 6.61. The lowest BCUT2D eigenvalue weighted by Gasteiger charge is -2.37. The molecule has 3 heteroatoms. The van der Waals surface area contributed by atoms with Gasteiger partial charge in [0.1, 0.15) is 0 Å². The summed E-state index contributed by atoms with van der Waals surface area (Å²) in [6.07, 6.45) is 17.5. The minimum absolute atomic E-state index is 0.132. The maximum atomic E-state index is 6.44. The molecule has 1 aromatic carbocycles. The Morgan fingerprint density at radius 1 is 1.11 bits per heavy atom. The fraction of sp³-hybridized carbons (Fsp3) is 0.500. The highest BCUT2D eigenvalue weighted by atomic mass is 15.2. The van der Waals surface area contributed by atoms with E-state index in [4.69, 9.17) is 5.73 Å². The molecule has 4 unspecified atom stereocenters. The minimum Gasteiger partial charge on any atom is -0.312 e. The van der Waals surface area contributed by atoms with Crippen LogP contribution < -0.4 is 16.4 Å². The van der Waals surface area contributed by atoms with Crippen molar-refractivity contribution in [1.29, 1.82) is 0 Å². The second kappa shape index (κ2) is 8.55. The van der Waals surface area contributed by atoms with Crippen molar-refractivity contribution in [2.75, 3.05) is 7.05 Å². The van der Waals surface area contributed by atoms with E-state index in [1.54, 1.807) is 5.57 Å². The molecule has 5 atom stereocenters. The van der Waals surface area contributed by atoms with Crippen molar-refractivity contribution in [3.8, 4) is 0 Å². The Hall–Kier alpha value is -1.68. The Morgan fingerprint density at radius 3 is 2.74 bits per heavy atom. The molecule has 3 aliphatic carbocycles. The first-order chi connectivity index (χ1) is 13.2. The highest BCUT2D eigenvalue weighted by Gasteiger charge is 2.33. The van der Waals surface area contributed by atoms with Crippen LogP contribution in [0.5, 0.6) is 0 Å². The molecule has 1 saturated carbocycles. The Bertz CT molecular complexity index is 718. The lowest BCUT2D eigenvalue weighted by molar-refractivity contribution is 0.172. The summed E-state index contributed by atoms with van der Waals surface area (Å²) in [5, 5.41) is 7.14.